The van der Waals surface area contributed by atoms with E-state index in [1.54, 1.807) is 0 Å². The molecule has 0 unspecified atom stereocenters. The summed E-state index contributed by atoms with van der Waals surface area (Å²) in [5.74, 6) is 0. The first-order chi connectivity index (χ1) is 12.1. The zero-order chi connectivity index (χ0) is 17.6. The Balaban J connectivity index is 0. The molecule has 0 amide bonds. The van der Waals surface area contributed by atoms with E-state index in [2.05, 4.69) is 50.3 Å². The van der Waals surface area contributed by atoms with Crippen molar-refractivity contribution in [3.05, 3.63) is 29.1 Å². The van der Waals surface area contributed by atoms with Gasteiger partial charge in [0.2, 0.25) is 0 Å². The molecule has 1 aromatic rings. The molecule has 0 aliphatic carbocycles. The quantitative estimate of drug-likeness (QED) is 0.300. The molecule has 162 valence electrons. The van der Waals surface area contributed by atoms with Crippen molar-refractivity contribution in [3.8, 4) is 0 Å². The smallest absolute Gasteiger partial charge is 1.00 e. The molecule has 3 heterocycles. The van der Waals surface area contributed by atoms with Crippen LogP contribution < -0.4 is 48.3 Å². The summed E-state index contributed by atoms with van der Waals surface area (Å²) in [5, 5.41) is 13.3. The van der Waals surface area contributed by atoms with Crippen LogP contribution in [0.3, 0.4) is 0 Å². The molecule has 2 saturated heterocycles. The fraction of sp³-hybridized carbons (Fsp3) is 0.611. The van der Waals surface area contributed by atoms with Gasteiger partial charge in [-0.3, -0.25) is 0 Å². The van der Waals surface area contributed by atoms with Gasteiger partial charge in [0.25, 0.3) is 0 Å². The Morgan fingerprint density at radius 2 is 1.14 bits per heavy atom. The number of aryl methyl sites for hydroxylation is 1. The van der Waals surface area contributed by atoms with Crippen molar-refractivity contribution in [2.24, 2.45) is 10.2 Å². The molecular formula is C18H29Cl3N7V. The minimum absolute atomic E-state index is 0. The minimum Gasteiger partial charge on any atom is -1.00 e. The van der Waals surface area contributed by atoms with E-state index in [0.717, 1.165) is 54.6 Å². The van der Waals surface area contributed by atoms with Gasteiger partial charge < -0.3 is 37.2 Å². The zero-order valence-corrected chi connectivity index (χ0v) is 20.8. The number of hydrogen-bond acceptors (Lipinski definition) is 7. The summed E-state index contributed by atoms with van der Waals surface area (Å²) < 4.78 is 0. The summed E-state index contributed by atoms with van der Waals surface area (Å²) in [6.07, 6.45) is 4.92. The second-order valence-corrected chi connectivity index (χ2v) is 6.90. The van der Waals surface area contributed by atoms with Crippen LogP contribution in [0.25, 0.3) is 0 Å². The molecule has 2 N–H and O–H groups in total. The minimum atomic E-state index is 0. The number of nitrogens with one attached hydrogen (secondary N) is 2. The number of halogens is 3. The van der Waals surface area contributed by atoms with Crippen LogP contribution in [0.1, 0.15) is 56.5 Å². The van der Waals surface area contributed by atoms with Gasteiger partial charge in [-0.25, -0.2) is 26.1 Å². The van der Waals surface area contributed by atoms with E-state index in [-0.39, 0.29) is 55.8 Å². The molecule has 7 nitrogen and oxygen atoms in total. The largest absolute Gasteiger partial charge is 3.00 e. The fourth-order valence-electron chi connectivity index (χ4n) is 3.08. The van der Waals surface area contributed by atoms with E-state index in [1.165, 1.54) is 25.7 Å². The second-order valence-electron chi connectivity index (χ2n) is 6.90. The Morgan fingerprint density at radius 3 is 1.48 bits per heavy atom. The third-order valence-electron chi connectivity index (χ3n) is 4.64. The molecule has 0 saturated carbocycles. The Labute approximate surface area is 204 Å². The summed E-state index contributed by atoms with van der Waals surface area (Å²) in [6, 6.07) is 4.13. The average Bonchev–Trinajstić information content (AvgIpc) is 3.30. The van der Waals surface area contributed by atoms with Crippen molar-refractivity contribution in [3.63, 3.8) is 0 Å². The van der Waals surface area contributed by atoms with Crippen molar-refractivity contribution in [1.29, 1.82) is 0 Å². The molecule has 2 aliphatic rings. The number of rotatable bonds is 6. The normalized spacial score (nSPS) is 17.5. The maximum absolute atomic E-state index is 4.75. The van der Waals surface area contributed by atoms with Crippen LogP contribution in [0, 0.1) is 6.92 Å². The van der Waals surface area contributed by atoms with Crippen LogP contribution in [0.2, 0.25) is 0 Å². The molecule has 3 rings (SSSR count). The average molecular weight is 501 g/mol. The first-order valence-electron chi connectivity index (χ1n) is 9.21. The molecule has 0 aromatic carbocycles. The molecule has 0 radical (unpaired) electrons. The first-order valence-corrected chi connectivity index (χ1v) is 9.21. The van der Waals surface area contributed by atoms with Crippen LogP contribution in [0.15, 0.2) is 22.3 Å². The molecule has 0 bridgehead atoms. The van der Waals surface area contributed by atoms with Gasteiger partial charge in [0.15, 0.2) is 0 Å². The Kier molecular flexibility index (Phi) is 16.2. The predicted octanol–water partition coefficient (Wildman–Crippen LogP) is -6.95. The number of pyridine rings is 1. The van der Waals surface area contributed by atoms with E-state index in [4.69, 9.17) is 4.98 Å². The topological polar surface area (TPSA) is 68.2 Å². The number of hydrogen-bond donors (Lipinski definition) is 2. The number of nitrogens with zero attached hydrogens (tertiary/aromatic N) is 5. The third-order valence-corrected chi connectivity index (χ3v) is 4.64. The Morgan fingerprint density at radius 1 is 0.793 bits per heavy atom. The van der Waals surface area contributed by atoms with Gasteiger partial charge in [0.1, 0.15) is 0 Å². The summed E-state index contributed by atoms with van der Waals surface area (Å²) in [4.78, 5) is 4.75. The van der Waals surface area contributed by atoms with Crippen molar-refractivity contribution >= 4 is 11.4 Å². The van der Waals surface area contributed by atoms with Crippen molar-refractivity contribution in [1.82, 2.24) is 26.1 Å². The Bertz CT molecular complexity index is 609. The van der Waals surface area contributed by atoms with Crippen molar-refractivity contribution in [2.45, 2.75) is 46.5 Å². The molecule has 29 heavy (non-hydrogen) atoms. The van der Waals surface area contributed by atoms with Crippen LogP contribution >= 0.6 is 0 Å². The van der Waals surface area contributed by atoms with E-state index in [9.17, 15) is 0 Å². The number of aromatic nitrogens is 1. The summed E-state index contributed by atoms with van der Waals surface area (Å²) in [7, 11) is 0. The molecular weight excluding hydrogens is 472 g/mol. The summed E-state index contributed by atoms with van der Waals surface area (Å²) in [5.41, 5.74) is 11.0. The number of hydrazone groups is 2. The molecule has 1 aromatic heterocycles. The van der Waals surface area contributed by atoms with Crippen molar-refractivity contribution < 1.29 is 55.8 Å². The van der Waals surface area contributed by atoms with E-state index in [0.29, 0.717) is 0 Å². The SMILES string of the molecule is CC(=NNN1CCCC1)c1cc(C)cc(C(C)=NNN2CCCC2)n1.[Cl-].[Cl-].[Cl-].[V+3]. The van der Waals surface area contributed by atoms with Crippen LogP contribution in [0.4, 0.5) is 0 Å². The zero-order valence-electron chi connectivity index (χ0n) is 17.1. The van der Waals surface area contributed by atoms with Crippen LogP contribution in [0.5, 0.6) is 0 Å². The number of hydrazine groups is 2. The molecule has 2 fully saturated rings. The first kappa shape index (κ1) is 30.7. The fourth-order valence-corrected chi connectivity index (χ4v) is 3.08. The maximum atomic E-state index is 4.75. The molecule has 0 spiro atoms. The standard InChI is InChI=1S/C18H29N7.3ClH.V/c1-14-12-17(15(2)20-22-24-8-4-5-9-24)19-18(13-14)16(3)21-23-25-10-6-7-11-25;;;;/h12-13,22-23H,4-11H2,1-3H3;3*1H;/q;;;;+3/p-3. The predicted molar refractivity (Wildman–Crippen MR) is 101 cm³/mol. The van der Waals surface area contributed by atoms with Gasteiger partial charge in [-0.1, -0.05) is 0 Å². The van der Waals surface area contributed by atoms with E-state index >= 15 is 0 Å². The second kappa shape index (κ2) is 15.3. The monoisotopic (exact) mass is 499 g/mol. The van der Waals surface area contributed by atoms with Gasteiger partial charge in [0.05, 0.1) is 22.8 Å². The van der Waals surface area contributed by atoms with Crippen LogP contribution in [-0.2, 0) is 18.6 Å². The Hall–Kier alpha value is -0.536. The molecule has 2 aliphatic heterocycles. The van der Waals surface area contributed by atoms with Gasteiger partial charge in [0, 0.05) is 26.2 Å². The van der Waals surface area contributed by atoms with E-state index in [1.807, 2.05) is 13.8 Å². The van der Waals surface area contributed by atoms with E-state index < -0.39 is 0 Å². The van der Waals surface area contributed by atoms with Crippen molar-refractivity contribution in [2.75, 3.05) is 26.2 Å². The van der Waals surface area contributed by atoms with Gasteiger partial charge in [-0.05, 0) is 64.2 Å². The van der Waals surface area contributed by atoms with Gasteiger partial charge in [-0.2, -0.15) is 10.2 Å². The summed E-state index contributed by atoms with van der Waals surface area (Å²) >= 11 is 0. The summed E-state index contributed by atoms with van der Waals surface area (Å²) in [6.45, 7) is 10.3. The van der Waals surface area contributed by atoms with Gasteiger partial charge >= 0.3 is 18.6 Å². The third kappa shape index (κ3) is 9.43. The molecule has 0 atom stereocenters. The van der Waals surface area contributed by atoms with Gasteiger partial charge in [-0.15, -0.1) is 0 Å². The maximum Gasteiger partial charge on any atom is 3.00 e. The van der Waals surface area contributed by atoms with Crippen LogP contribution in [-0.4, -0.2) is 52.6 Å². The molecule has 11 heteroatoms.